The van der Waals surface area contributed by atoms with Crippen molar-refractivity contribution in [3.05, 3.63) is 35.9 Å². The number of halogens is 1. The number of rotatable bonds is 5. The highest BCUT2D eigenvalue weighted by Crippen LogP contribution is 2.27. The molecule has 0 saturated heterocycles. The van der Waals surface area contributed by atoms with Gasteiger partial charge in [0.2, 0.25) is 0 Å². The summed E-state index contributed by atoms with van der Waals surface area (Å²) in [5, 5.41) is 2.96. The van der Waals surface area contributed by atoms with E-state index in [0.717, 1.165) is 0 Å². The Morgan fingerprint density at radius 2 is 2.35 bits per heavy atom. The van der Waals surface area contributed by atoms with E-state index < -0.39 is 6.09 Å². The summed E-state index contributed by atoms with van der Waals surface area (Å²) >= 11 is 5.97. The quantitative estimate of drug-likeness (QED) is 0.820. The number of benzene rings is 1. The highest BCUT2D eigenvalue weighted by Gasteiger charge is 2.05. The lowest BCUT2D eigenvalue weighted by molar-refractivity contribution is 0.168. The van der Waals surface area contributed by atoms with E-state index in [1.54, 1.807) is 31.2 Å². The zero-order valence-corrected chi connectivity index (χ0v) is 10.3. The highest BCUT2D eigenvalue weighted by atomic mass is 35.5. The summed E-state index contributed by atoms with van der Waals surface area (Å²) in [4.78, 5) is 11.2. The first kappa shape index (κ1) is 13.4. The van der Waals surface area contributed by atoms with Crippen molar-refractivity contribution in [1.29, 1.82) is 0 Å². The summed E-state index contributed by atoms with van der Waals surface area (Å²) < 4.78 is 10.0. The van der Waals surface area contributed by atoms with Gasteiger partial charge in [-0.3, -0.25) is 5.32 Å². The molecular weight excluding hydrogens is 242 g/mol. The monoisotopic (exact) mass is 255 g/mol. The molecular formula is C12H14ClNO3. The molecule has 1 aromatic carbocycles. The zero-order chi connectivity index (χ0) is 12.7. The summed E-state index contributed by atoms with van der Waals surface area (Å²) in [6.07, 6.45) is 1.12. The molecule has 17 heavy (non-hydrogen) atoms. The number of ether oxygens (including phenoxy) is 2. The molecule has 0 radical (unpaired) electrons. The van der Waals surface area contributed by atoms with E-state index in [-0.39, 0.29) is 0 Å². The maximum Gasteiger partial charge on any atom is 0.411 e. The van der Waals surface area contributed by atoms with Gasteiger partial charge in [-0.1, -0.05) is 24.3 Å². The minimum atomic E-state index is -0.511. The van der Waals surface area contributed by atoms with E-state index in [4.69, 9.17) is 21.1 Å². The van der Waals surface area contributed by atoms with Crippen molar-refractivity contribution < 1.29 is 14.3 Å². The van der Waals surface area contributed by atoms with Gasteiger partial charge in [-0.05, 0) is 25.1 Å². The van der Waals surface area contributed by atoms with Crippen LogP contribution in [0.3, 0.4) is 0 Å². The van der Waals surface area contributed by atoms with E-state index in [0.29, 0.717) is 29.7 Å². The Hall–Kier alpha value is -1.68. The van der Waals surface area contributed by atoms with Gasteiger partial charge in [-0.2, -0.15) is 0 Å². The number of hydrogen-bond acceptors (Lipinski definition) is 3. The SMILES string of the molecule is C=CCOc1ccc(NC(=O)OCC)cc1Cl. The molecule has 92 valence electrons. The Bertz CT molecular complexity index is 407. The largest absolute Gasteiger partial charge is 0.488 e. The van der Waals surface area contributed by atoms with Crippen LogP contribution in [-0.4, -0.2) is 19.3 Å². The molecule has 1 aromatic rings. The normalized spacial score (nSPS) is 9.53. The molecule has 0 heterocycles. The maximum absolute atomic E-state index is 11.2. The Balaban J connectivity index is 2.67. The smallest absolute Gasteiger partial charge is 0.411 e. The van der Waals surface area contributed by atoms with Gasteiger partial charge in [0, 0.05) is 5.69 Å². The molecule has 0 aliphatic carbocycles. The van der Waals surface area contributed by atoms with Crippen LogP contribution >= 0.6 is 11.6 Å². The van der Waals surface area contributed by atoms with Crippen molar-refractivity contribution in [2.75, 3.05) is 18.5 Å². The molecule has 1 N–H and O–H groups in total. The van der Waals surface area contributed by atoms with Crippen LogP contribution in [0.25, 0.3) is 0 Å². The third-order valence-corrected chi connectivity index (χ3v) is 2.11. The second-order valence-corrected chi connectivity index (χ2v) is 3.50. The number of carbonyl (C=O) groups is 1. The first-order valence-corrected chi connectivity index (χ1v) is 5.52. The van der Waals surface area contributed by atoms with Crippen LogP contribution in [0.2, 0.25) is 5.02 Å². The van der Waals surface area contributed by atoms with E-state index in [2.05, 4.69) is 11.9 Å². The molecule has 1 amide bonds. The number of amides is 1. The van der Waals surface area contributed by atoms with Crippen LogP contribution in [0.15, 0.2) is 30.9 Å². The average Bonchev–Trinajstić information content (AvgIpc) is 2.28. The minimum Gasteiger partial charge on any atom is -0.488 e. The molecule has 0 saturated carbocycles. The van der Waals surface area contributed by atoms with Gasteiger partial charge in [-0.25, -0.2) is 4.79 Å². The van der Waals surface area contributed by atoms with Gasteiger partial charge < -0.3 is 9.47 Å². The van der Waals surface area contributed by atoms with Crippen molar-refractivity contribution in [3.63, 3.8) is 0 Å². The van der Waals surface area contributed by atoms with Gasteiger partial charge in [0.1, 0.15) is 12.4 Å². The molecule has 1 rings (SSSR count). The van der Waals surface area contributed by atoms with Gasteiger partial charge in [0.25, 0.3) is 0 Å². The van der Waals surface area contributed by atoms with Gasteiger partial charge >= 0.3 is 6.09 Å². The molecule has 5 heteroatoms. The third kappa shape index (κ3) is 4.36. The maximum atomic E-state index is 11.2. The number of anilines is 1. The summed E-state index contributed by atoms with van der Waals surface area (Å²) in [6, 6.07) is 4.95. The molecule has 0 aliphatic heterocycles. The average molecular weight is 256 g/mol. The fourth-order valence-electron chi connectivity index (χ4n) is 1.13. The second kappa shape index (κ2) is 6.81. The van der Waals surface area contributed by atoms with E-state index in [9.17, 15) is 4.79 Å². The standard InChI is InChI=1S/C12H14ClNO3/c1-3-7-17-11-6-5-9(8-10(11)13)14-12(15)16-4-2/h3,5-6,8H,1,4,7H2,2H3,(H,14,15). The second-order valence-electron chi connectivity index (χ2n) is 3.09. The Labute approximate surface area is 105 Å². The summed E-state index contributed by atoms with van der Waals surface area (Å²) in [6.45, 7) is 5.97. The van der Waals surface area contributed by atoms with E-state index in [1.807, 2.05) is 0 Å². The van der Waals surface area contributed by atoms with Crippen molar-refractivity contribution in [3.8, 4) is 5.75 Å². The van der Waals surface area contributed by atoms with Crippen molar-refractivity contribution in [1.82, 2.24) is 0 Å². The molecule has 0 atom stereocenters. The topological polar surface area (TPSA) is 47.6 Å². The summed E-state index contributed by atoms with van der Waals surface area (Å²) in [5.74, 6) is 0.543. The van der Waals surface area contributed by atoms with Gasteiger partial charge in [0.15, 0.2) is 0 Å². The lowest BCUT2D eigenvalue weighted by Gasteiger charge is -2.09. The molecule has 0 aliphatic rings. The molecule has 0 aromatic heterocycles. The first-order chi connectivity index (χ1) is 8.17. The molecule has 0 spiro atoms. The highest BCUT2D eigenvalue weighted by molar-refractivity contribution is 6.32. The number of carbonyl (C=O) groups excluding carboxylic acids is 1. The van der Waals surface area contributed by atoms with Crippen LogP contribution in [0.5, 0.6) is 5.75 Å². The summed E-state index contributed by atoms with van der Waals surface area (Å²) in [7, 11) is 0. The van der Waals surface area contributed by atoms with Crippen LogP contribution in [0.1, 0.15) is 6.92 Å². The van der Waals surface area contributed by atoms with Crippen LogP contribution in [0, 0.1) is 0 Å². The molecule has 4 nitrogen and oxygen atoms in total. The third-order valence-electron chi connectivity index (χ3n) is 1.81. The molecule has 0 bridgehead atoms. The fraction of sp³-hybridized carbons (Fsp3) is 0.250. The van der Waals surface area contributed by atoms with Crippen LogP contribution < -0.4 is 10.1 Å². The van der Waals surface area contributed by atoms with E-state index >= 15 is 0 Å². The lowest BCUT2D eigenvalue weighted by atomic mass is 10.3. The van der Waals surface area contributed by atoms with Gasteiger partial charge in [0.05, 0.1) is 11.6 Å². The van der Waals surface area contributed by atoms with Crippen molar-refractivity contribution >= 4 is 23.4 Å². The predicted octanol–water partition coefficient (Wildman–Crippen LogP) is 3.47. The Kier molecular flexibility index (Phi) is 5.36. The molecule has 0 fully saturated rings. The lowest BCUT2D eigenvalue weighted by Crippen LogP contribution is -2.13. The van der Waals surface area contributed by atoms with Crippen LogP contribution in [-0.2, 0) is 4.74 Å². The zero-order valence-electron chi connectivity index (χ0n) is 9.53. The Morgan fingerprint density at radius 1 is 1.59 bits per heavy atom. The van der Waals surface area contributed by atoms with Crippen LogP contribution in [0.4, 0.5) is 10.5 Å². The fourth-order valence-corrected chi connectivity index (χ4v) is 1.36. The van der Waals surface area contributed by atoms with E-state index in [1.165, 1.54) is 0 Å². The Morgan fingerprint density at radius 3 is 2.94 bits per heavy atom. The van der Waals surface area contributed by atoms with Crippen molar-refractivity contribution in [2.24, 2.45) is 0 Å². The van der Waals surface area contributed by atoms with Crippen molar-refractivity contribution in [2.45, 2.75) is 6.92 Å². The first-order valence-electron chi connectivity index (χ1n) is 5.14. The number of nitrogens with one attached hydrogen (secondary N) is 1. The summed E-state index contributed by atoms with van der Waals surface area (Å²) in [5.41, 5.74) is 0.555. The molecule has 0 unspecified atom stereocenters. The minimum absolute atomic E-state index is 0.320. The number of hydrogen-bond donors (Lipinski definition) is 1. The van der Waals surface area contributed by atoms with Gasteiger partial charge in [-0.15, -0.1) is 0 Å². The predicted molar refractivity (Wildman–Crippen MR) is 67.8 cm³/mol.